The molecule has 1 N–H and O–H groups in total. The van der Waals surface area contributed by atoms with Gasteiger partial charge in [-0.1, -0.05) is 54.8 Å². The lowest BCUT2D eigenvalue weighted by Crippen LogP contribution is -2.19. The Morgan fingerprint density at radius 1 is 1.12 bits per heavy atom. The van der Waals surface area contributed by atoms with E-state index in [1.54, 1.807) is 0 Å². The van der Waals surface area contributed by atoms with Gasteiger partial charge in [0.1, 0.15) is 0 Å². The van der Waals surface area contributed by atoms with Gasteiger partial charge in [0.15, 0.2) is 0 Å². The van der Waals surface area contributed by atoms with Crippen molar-refractivity contribution in [3.63, 3.8) is 0 Å². The van der Waals surface area contributed by atoms with Gasteiger partial charge in [-0.3, -0.25) is 0 Å². The van der Waals surface area contributed by atoms with Crippen molar-refractivity contribution in [3.8, 4) is 0 Å². The number of hydrogen-bond donors (Lipinski definition) is 1. The highest BCUT2D eigenvalue weighted by Gasteiger charge is 2.14. The lowest BCUT2D eigenvalue weighted by Gasteiger charge is -2.22. The van der Waals surface area contributed by atoms with Crippen LogP contribution in [0.15, 0.2) is 28.7 Å². The second kappa shape index (κ2) is 7.08. The third kappa shape index (κ3) is 3.91. The van der Waals surface area contributed by atoms with E-state index in [1.165, 1.54) is 24.8 Å². The summed E-state index contributed by atoms with van der Waals surface area (Å²) in [6, 6.07) is 9.12. The minimum absolute atomic E-state index is 0.484. The molecule has 1 aromatic carbocycles. The van der Waals surface area contributed by atoms with E-state index in [0.29, 0.717) is 6.04 Å². The summed E-state index contributed by atoms with van der Waals surface area (Å²) in [4.78, 5) is 0. The van der Waals surface area contributed by atoms with Crippen molar-refractivity contribution in [1.29, 1.82) is 0 Å². The molecular formula is C14H22BrN. The summed E-state index contributed by atoms with van der Waals surface area (Å²) in [6.45, 7) is 4.56. The third-order valence-corrected chi connectivity index (χ3v) is 3.87. The third-order valence-electron chi connectivity index (χ3n) is 3.34. The van der Waals surface area contributed by atoms with Gasteiger partial charge in [0, 0.05) is 10.5 Å². The molecule has 0 spiro atoms. The summed E-state index contributed by atoms with van der Waals surface area (Å²) < 4.78 is 1.15. The average molecular weight is 284 g/mol. The topological polar surface area (TPSA) is 12.0 Å². The van der Waals surface area contributed by atoms with E-state index < -0.39 is 0 Å². The average Bonchev–Trinajstić information content (AvgIpc) is 2.32. The summed E-state index contributed by atoms with van der Waals surface area (Å²) in [5.41, 5.74) is 1.39. The van der Waals surface area contributed by atoms with Crippen LogP contribution in [0.3, 0.4) is 0 Å². The highest BCUT2D eigenvalue weighted by molar-refractivity contribution is 9.10. The fourth-order valence-corrected chi connectivity index (χ4v) is 2.34. The molecule has 0 amide bonds. The van der Waals surface area contributed by atoms with E-state index in [9.17, 15) is 0 Å². The summed E-state index contributed by atoms with van der Waals surface area (Å²) in [6.07, 6.45) is 3.77. The first-order valence-corrected chi connectivity index (χ1v) is 6.93. The summed E-state index contributed by atoms with van der Waals surface area (Å²) in [5, 5.41) is 3.42. The first-order chi connectivity index (χ1) is 7.71. The Kier molecular flexibility index (Phi) is 6.07. The van der Waals surface area contributed by atoms with Crippen LogP contribution in [-0.4, -0.2) is 7.05 Å². The molecule has 0 bridgehead atoms. The Hall–Kier alpha value is -0.340. The molecule has 1 nitrogen and oxygen atoms in total. The van der Waals surface area contributed by atoms with Crippen LogP contribution < -0.4 is 5.32 Å². The molecule has 16 heavy (non-hydrogen) atoms. The highest BCUT2D eigenvalue weighted by atomic mass is 79.9. The molecule has 0 aromatic heterocycles. The molecule has 0 aliphatic carbocycles. The predicted molar refractivity (Wildman–Crippen MR) is 74.6 cm³/mol. The molecule has 0 saturated carbocycles. The van der Waals surface area contributed by atoms with Crippen LogP contribution in [0.2, 0.25) is 0 Å². The molecule has 0 heterocycles. The summed E-state index contributed by atoms with van der Waals surface area (Å²) in [5.74, 6) is 0.820. The van der Waals surface area contributed by atoms with Crippen molar-refractivity contribution in [2.24, 2.45) is 5.92 Å². The normalized spacial score (nSPS) is 13.1. The standard InChI is InChI=1S/C14H22BrN/c1-4-11(5-2)10-14(16-3)12-6-8-13(15)9-7-12/h6-9,11,14,16H,4-5,10H2,1-3H3. The number of nitrogens with one attached hydrogen (secondary N) is 1. The van der Waals surface area contributed by atoms with E-state index in [1.807, 2.05) is 0 Å². The molecule has 1 unspecified atom stereocenters. The van der Waals surface area contributed by atoms with Gasteiger partial charge in [0.25, 0.3) is 0 Å². The predicted octanol–water partition coefficient (Wildman–Crippen LogP) is 4.54. The smallest absolute Gasteiger partial charge is 0.0320 e. The van der Waals surface area contributed by atoms with Gasteiger partial charge in [0.2, 0.25) is 0 Å². The van der Waals surface area contributed by atoms with E-state index in [-0.39, 0.29) is 0 Å². The molecule has 0 fully saturated rings. The highest BCUT2D eigenvalue weighted by Crippen LogP contribution is 2.25. The molecule has 0 radical (unpaired) electrons. The van der Waals surface area contributed by atoms with Crippen LogP contribution in [0.5, 0.6) is 0 Å². The van der Waals surface area contributed by atoms with Crippen LogP contribution in [0, 0.1) is 5.92 Å². The van der Waals surface area contributed by atoms with Gasteiger partial charge in [-0.05, 0) is 37.1 Å². The van der Waals surface area contributed by atoms with Crippen molar-refractivity contribution >= 4 is 15.9 Å². The fraction of sp³-hybridized carbons (Fsp3) is 0.571. The lowest BCUT2D eigenvalue weighted by molar-refractivity contribution is 0.385. The molecular weight excluding hydrogens is 262 g/mol. The Morgan fingerprint density at radius 3 is 2.12 bits per heavy atom. The van der Waals surface area contributed by atoms with Gasteiger partial charge < -0.3 is 5.32 Å². The van der Waals surface area contributed by atoms with E-state index in [0.717, 1.165) is 10.4 Å². The zero-order chi connectivity index (χ0) is 12.0. The number of halogens is 1. The van der Waals surface area contributed by atoms with Gasteiger partial charge in [-0.2, -0.15) is 0 Å². The minimum Gasteiger partial charge on any atom is -0.313 e. The van der Waals surface area contributed by atoms with Gasteiger partial charge >= 0.3 is 0 Å². The van der Waals surface area contributed by atoms with Crippen LogP contribution >= 0.6 is 15.9 Å². The maximum absolute atomic E-state index is 3.47. The van der Waals surface area contributed by atoms with Crippen molar-refractivity contribution in [2.75, 3.05) is 7.05 Å². The van der Waals surface area contributed by atoms with E-state index in [4.69, 9.17) is 0 Å². The van der Waals surface area contributed by atoms with Crippen molar-refractivity contribution in [2.45, 2.75) is 39.2 Å². The Bertz CT molecular complexity index is 290. The lowest BCUT2D eigenvalue weighted by atomic mass is 9.91. The number of hydrogen-bond acceptors (Lipinski definition) is 1. The molecule has 2 heteroatoms. The molecule has 90 valence electrons. The zero-order valence-electron chi connectivity index (χ0n) is 10.5. The largest absolute Gasteiger partial charge is 0.313 e. The van der Waals surface area contributed by atoms with Gasteiger partial charge in [-0.15, -0.1) is 0 Å². The Balaban J connectivity index is 2.70. The zero-order valence-corrected chi connectivity index (χ0v) is 12.0. The molecule has 1 rings (SSSR count). The second-order valence-corrected chi connectivity index (χ2v) is 5.23. The quantitative estimate of drug-likeness (QED) is 0.809. The fourth-order valence-electron chi connectivity index (χ4n) is 2.07. The maximum atomic E-state index is 3.47. The molecule has 1 aromatic rings. The van der Waals surface area contributed by atoms with Crippen molar-refractivity contribution in [1.82, 2.24) is 5.32 Å². The first-order valence-electron chi connectivity index (χ1n) is 6.13. The minimum atomic E-state index is 0.484. The number of rotatable bonds is 6. The monoisotopic (exact) mass is 283 g/mol. The van der Waals surface area contributed by atoms with Crippen LogP contribution in [0.1, 0.15) is 44.7 Å². The summed E-state index contributed by atoms with van der Waals surface area (Å²) in [7, 11) is 2.05. The van der Waals surface area contributed by atoms with Crippen molar-refractivity contribution < 1.29 is 0 Å². The van der Waals surface area contributed by atoms with Crippen LogP contribution in [0.4, 0.5) is 0 Å². The van der Waals surface area contributed by atoms with E-state index in [2.05, 4.69) is 66.4 Å². The van der Waals surface area contributed by atoms with Crippen LogP contribution in [-0.2, 0) is 0 Å². The molecule has 0 aliphatic heterocycles. The first kappa shape index (κ1) is 13.7. The Labute approximate surface area is 108 Å². The van der Waals surface area contributed by atoms with Crippen LogP contribution in [0.25, 0.3) is 0 Å². The molecule has 1 atom stereocenters. The molecule has 0 aliphatic rings. The van der Waals surface area contributed by atoms with Crippen molar-refractivity contribution in [3.05, 3.63) is 34.3 Å². The Morgan fingerprint density at radius 2 is 1.69 bits per heavy atom. The molecule has 0 saturated heterocycles. The maximum Gasteiger partial charge on any atom is 0.0320 e. The second-order valence-electron chi connectivity index (χ2n) is 4.31. The van der Waals surface area contributed by atoms with Gasteiger partial charge in [-0.25, -0.2) is 0 Å². The van der Waals surface area contributed by atoms with E-state index >= 15 is 0 Å². The number of benzene rings is 1. The SMILES string of the molecule is CCC(CC)CC(NC)c1ccc(Br)cc1. The van der Waals surface area contributed by atoms with Gasteiger partial charge in [0.05, 0.1) is 0 Å². The summed E-state index contributed by atoms with van der Waals surface area (Å²) >= 11 is 3.47.